The van der Waals surface area contributed by atoms with Crippen LogP contribution in [0, 0.1) is 0 Å². The van der Waals surface area contributed by atoms with Crippen molar-refractivity contribution in [2.24, 2.45) is 5.90 Å². The summed E-state index contributed by atoms with van der Waals surface area (Å²) < 4.78 is 4.70. The topological polar surface area (TPSA) is 73.6 Å². The number of ether oxygens (including phenoxy) is 1. The molecule has 0 aliphatic heterocycles. The van der Waals surface area contributed by atoms with Gasteiger partial charge in [0, 0.05) is 5.54 Å². The first-order chi connectivity index (χ1) is 5.45. The van der Waals surface area contributed by atoms with Crippen LogP contribution in [0.2, 0.25) is 0 Å². The highest BCUT2D eigenvalue weighted by atomic mass is 16.6. The second-order valence-electron chi connectivity index (χ2n) is 3.38. The molecule has 3 N–H and O–H groups in total. The molecule has 0 spiro atoms. The first kappa shape index (κ1) is 11.2. The van der Waals surface area contributed by atoms with E-state index in [4.69, 9.17) is 10.6 Å². The molecule has 12 heavy (non-hydrogen) atoms. The second kappa shape index (κ2) is 4.95. The van der Waals surface area contributed by atoms with Crippen LogP contribution in [0.15, 0.2) is 0 Å². The van der Waals surface area contributed by atoms with Crippen LogP contribution < -0.4 is 11.2 Å². The van der Waals surface area contributed by atoms with E-state index in [0.29, 0.717) is 0 Å². The number of alkyl carbamates (subject to hydrolysis) is 1. The Morgan fingerprint density at radius 1 is 1.42 bits per heavy atom. The molecule has 0 fully saturated rings. The Morgan fingerprint density at radius 3 is 2.42 bits per heavy atom. The molecule has 0 heterocycles. The van der Waals surface area contributed by atoms with E-state index in [1.165, 1.54) is 0 Å². The smallest absolute Gasteiger partial charge is 0.407 e. The van der Waals surface area contributed by atoms with Gasteiger partial charge in [0.25, 0.3) is 0 Å². The summed E-state index contributed by atoms with van der Waals surface area (Å²) >= 11 is 0. The van der Waals surface area contributed by atoms with E-state index < -0.39 is 6.09 Å². The van der Waals surface area contributed by atoms with Gasteiger partial charge in [0.05, 0.1) is 0 Å². The summed E-state index contributed by atoms with van der Waals surface area (Å²) in [7, 11) is 0. The van der Waals surface area contributed by atoms with Gasteiger partial charge in [-0.3, -0.25) is 0 Å². The average molecular weight is 176 g/mol. The van der Waals surface area contributed by atoms with Gasteiger partial charge >= 0.3 is 6.09 Å². The van der Waals surface area contributed by atoms with Crippen LogP contribution in [-0.4, -0.2) is 24.8 Å². The number of hydrogen-bond acceptors (Lipinski definition) is 4. The highest BCUT2D eigenvalue weighted by Gasteiger charge is 2.13. The van der Waals surface area contributed by atoms with E-state index in [-0.39, 0.29) is 18.8 Å². The van der Waals surface area contributed by atoms with Crippen molar-refractivity contribution in [3.63, 3.8) is 0 Å². The Hall–Kier alpha value is -0.810. The Balaban J connectivity index is 3.47. The van der Waals surface area contributed by atoms with Gasteiger partial charge in [-0.15, -0.1) is 0 Å². The van der Waals surface area contributed by atoms with Gasteiger partial charge in [0.1, 0.15) is 13.2 Å². The zero-order valence-corrected chi connectivity index (χ0v) is 7.72. The maximum atomic E-state index is 10.9. The molecule has 5 heteroatoms. The average Bonchev–Trinajstić information content (AvgIpc) is 1.84. The van der Waals surface area contributed by atoms with E-state index in [9.17, 15) is 4.79 Å². The maximum Gasteiger partial charge on any atom is 0.407 e. The van der Waals surface area contributed by atoms with Crippen molar-refractivity contribution in [2.45, 2.75) is 26.3 Å². The van der Waals surface area contributed by atoms with Crippen LogP contribution >= 0.6 is 0 Å². The minimum absolute atomic E-state index is 0.165. The molecule has 0 rings (SSSR count). The monoisotopic (exact) mass is 176 g/mol. The molecule has 0 unspecified atom stereocenters. The van der Waals surface area contributed by atoms with Crippen molar-refractivity contribution in [1.29, 1.82) is 0 Å². The van der Waals surface area contributed by atoms with Gasteiger partial charge in [-0.05, 0) is 20.8 Å². The molecular weight excluding hydrogens is 160 g/mol. The summed E-state index contributed by atoms with van der Waals surface area (Å²) in [5.41, 5.74) is -0.277. The molecule has 0 atom stereocenters. The third-order valence-electron chi connectivity index (χ3n) is 0.911. The lowest BCUT2D eigenvalue weighted by atomic mass is 10.1. The molecule has 0 aliphatic carbocycles. The lowest BCUT2D eigenvalue weighted by Crippen LogP contribution is -2.41. The number of carbonyl (C=O) groups is 1. The van der Waals surface area contributed by atoms with Gasteiger partial charge in [-0.2, -0.15) is 0 Å². The number of carbonyl (C=O) groups excluding carboxylic acids is 1. The quantitative estimate of drug-likeness (QED) is 0.482. The van der Waals surface area contributed by atoms with Crippen LogP contribution in [0.5, 0.6) is 0 Å². The molecule has 0 saturated carbocycles. The first-order valence-electron chi connectivity index (χ1n) is 3.72. The Bertz CT molecular complexity index is 142. The number of nitrogens with two attached hydrogens (primary N) is 1. The lowest BCUT2D eigenvalue weighted by molar-refractivity contribution is 0.0706. The molecule has 1 amide bonds. The Labute approximate surface area is 72.2 Å². The Morgan fingerprint density at radius 2 is 2.00 bits per heavy atom. The van der Waals surface area contributed by atoms with E-state index in [1.807, 2.05) is 20.8 Å². The van der Waals surface area contributed by atoms with Crippen LogP contribution in [0.1, 0.15) is 20.8 Å². The maximum absolute atomic E-state index is 10.9. The normalized spacial score (nSPS) is 11.0. The second-order valence-corrected chi connectivity index (χ2v) is 3.38. The summed E-state index contributed by atoms with van der Waals surface area (Å²) in [6.45, 7) is 5.98. The van der Waals surface area contributed by atoms with E-state index >= 15 is 0 Å². The van der Waals surface area contributed by atoms with E-state index in [2.05, 4.69) is 10.2 Å². The highest BCUT2D eigenvalue weighted by Crippen LogP contribution is 1.98. The molecule has 0 aromatic rings. The van der Waals surface area contributed by atoms with Crippen molar-refractivity contribution in [1.82, 2.24) is 5.32 Å². The predicted octanol–water partition coefficient (Wildman–Crippen LogP) is 0.401. The van der Waals surface area contributed by atoms with Crippen molar-refractivity contribution < 1.29 is 14.4 Å². The molecule has 0 aromatic heterocycles. The van der Waals surface area contributed by atoms with Crippen molar-refractivity contribution in [3.8, 4) is 0 Å². The van der Waals surface area contributed by atoms with Crippen molar-refractivity contribution >= 4 is 6.09 Å². The molecule has 0 radical (unpaired) electrons. The minimum atomic E-state index is -0.459. The molecule has 0 aromatic carbocycles. The first-order valence-corrected chi connectivity index (χ1v) is 3.72. The van der Waals surface area contributed by atoms with Crippen LogP contribution in [0.25, 0.3) is 0 Å². The summed E-state index contributed by atoms with van der Waals surface area (Å²) in [6.07, 6.45) is -0.459. The summed E-state index contributed by atoms with van der Waals surface area (Å²) in [5, 5.41) is 2.62. The zero-order chi connectivity index (χ0) is 9.61. The van der Waals surface area contributed by atoms with Gasteiger partial charge < -0.3 is 14.9 Å². The molecule has 0 aliphatic rings. The number of amides is 1. The number of hydrogen-bond donors (Lipinski definition) is 2. The summed E-state index contributed by atoms with van der Waals surface area (Å²) in [5.74, 6) is 4.73. The van der Waals surface area contributed by atoms with Gasteiger partial charge in [0.2, 0.25) is 0 Å². The van der Waals surface area contributed by atoms with Crippen LogP contribution in [0.4, 0.5) is 4.79 Å². The summed E-state index contributed by atoms with van der Waals surface area (Å²) in [6, 6.07) is 0. The molecule has 72 valence electrons. The van der Waals surface area contributed by atoms with Crippen LogP contribution in [-0.2, 0) is 9.57 Å². The molecule has 0 bridgehead atoms. The third-order valence-corrected chi connectivity index (χ3v) is 0.911. The fourth-order valence-corrected chi connectivity index (χ4v) is 0.525. The van der Waals surface area contributed by atoms with E-state index in [1.54, 1.807) is 0 Å². The fourth-order valence-electron chi connectivity index (χ4n) is 0.525. The fraction of sp³-hybridized carbons (Fsp3) is 0.857. The van der Waals surface area contributed by atoms with E-state index in [0.717, 1.165) is 0 Å². The largest absolute Gasteiger partial charge is 0.447 e. The Kier molecular flexibility index (Phi) is 4.61. The standard InChI is InChI=1S/C7H16N2O3/c1-7(2,3)9-6(10)11-4-5-12-8/h4-5,8H2,1-3H3,(H,9,10). The van der Waals surface area contributed by atoms with Gasteiger partial charge in [-0.1, -0.05) is 0 Å². The van der Waals surface area contributed by atoms with Crippen LogP contribution in [0.3, 0.4) is 0 Å². The molecular formula is C7H16N2O3. The minimum Gasteiger partial charge on any atom is -0.447 e. The van der Waals surface area contributed by atoms with Gasteiger partial charge in [-0.25, -0.2) is 10.7 Å². The van der Waals surface area contributed by atoms with Crippen molar-refractivity contribution in [3.05, 3.63) is 0 Å². The lowest BCUT2D eigenvalue weighted by Gasteiger charge is -2.19. The molecule has 0 saturated heterocycles. The highest BCUT2D eigenvalue weighted by molar-refractivity contribution is 5.67. The number of rotatable bonds is 3. The predicted molar refractivity (Wildman–Crippen MR) is 44.4 cm³/mol. The third kappa shape index (κ3) is 7.30. The number of nitrogens with one attached hydrogen (secondary N) is 1. The summed E-state index contributed by atoms with van der Waals surface area (Å²) in [4.78, 5) is 15.1. The van der Waals surface area contributed by atoms with Crippen molar-refractivity contribution in [2.75, 3.05) is 13.2 Å². The van der Waals surface area contributed by atoms with Gasteiger partial charge in [0.15, 0.2) is 0 Å². The zero-order valence-electron chi connectivity index (χ0n) is 7.72. The molecule has 5 nitrogen and oxygen atoms in total. The SMILES string of the molecule is CC(C)(C)NC(=O)OCCON.